The Labute approximate surface area is 623 Å². The predicted octanol–water partition coefficient (Wildman–Crippen LogP) is 9.05. The lowest BCUT2D eigenvalue weighted by molar-refractivity contribution is -0.138. The molecule has 1 saturated carbocycles. The molecule has 0 spiro atoms. The summed E-state index contributed by atoms with van der Waals surface area (Å²) in [5.74, 6) is -1.38. The van der Waals surface area contributed by atoms with Crippen molar-refractivity contribution >= 4 is 71.1 Å². The highest BCUT2D eigenvalue weighted by molar-refractivity contribution is 7.98. The Morgan fingerprint density at radius 2 is 0.750 bits per heavy atom. The number of aromatic nitrogens is 2. The standard InChI is InChI=1S/C25H30F3N3O5S.C23H28F3N5O5S2.C21H28F3N3O5S/c1-18-2-6-20(7-3-18)30-16-12-24(13-17-30,23(32)29-33)37(34,35)31-14-10-22(11-15-31)36-21-8-4-19(5-9-21)25(26,27)28;1-37-21-27-11-6-19(28-21)30-14-9-22(10-15-30,20(32)29-33)38(34,35)31-12-7-18(8-13-31)36-17-4-2-16(3-5-17)23(24,25)26;22-21(23,24)15-1-5-17(6-2-15)32-18-7-11-27(12-8-18)33(30,31)20(19(28)25-29)9-13-26(14-10-20)16-3-4-16/h2-9,22,33H,10-17H2,1H3,(H,29,32);2-6,11,18,33H,7-10,12-15H2,1H3,(H,29,32);1-2,5-6,16,18,29H,3-4,7-14H2,(H,25,28). The highest BCUT2D eigenvalue weighted by Crippen LogP contribution is 2.43. The van der Waals surface area contributed by atoms with Gasteiger partial charge in [0.25, 0.3) is 17.7 Å². The maximum Gasteiger partial charge on any atom is 0.416 e. The number of hydrogen-bond acceptors (Lipinski definition) is 21. The fourth-order valence-electron chi connectivity index (χ4n) is 14.4. The zero-order valence-corrected chi connectivity index (χ0v) is 62.2. The van der Waals surface area contributed by atoms with Crippen molar-refractivity contribution in [3.63, 3.8) is 0 Å². The monoisotopic (exact) mass is 1610 g/mol. The number of nitrogens with one attached hydrogen (secondary N) is 3. The molecule has 12 rings (SSSR count). The normalized spacial score (nSPS) is 20.5. The second-order valence-corrected chi connectivity index (χ2v) is 35.0. The number of carbonyl (C=O) groups excluding carboxylic acids is 3. The van der Waals surface area contributed by atoms with E-state index in [0.717, 1.165) is 60.5 Å². The number of ether oxygens (including phenoxy) is 3. The van der Waals surface area contributed by atoms with Gasteiger partial charge in [-0.1, -0.05) is 29.5 Å². The van der Waals surface area contributed by atoms with E-state index in [9.17, 15) is 94.8 Å². The molecule has 3 amide bonds. The summed E-state index contributed by atoms with van der Waals surface area (Å²) in [6, 6.07) is 23.1. The van der Waals surface area contributed by atoms with E-state index >= 15 is 0 Å². The van der Waals surface area contributed by atoms with Crippen LogP contribution in [-0.2, 0) is 63.0 Å². The van der Waals surface area contributed by atoms with Crippen LogP contribution in [0.25, 0.3) is 0 Å². The molecule has 108 heavy (non-hydrogen) atoms. The van der Waals surface area contributed by atoms with Gasteiger partial charge < -0.3 is 28.9 Å². The first-order chi connectivity index (χ1) is 51.0. The van der Waals surface area contributed by atoms with Gasteiger partial charge in [0.15, 0.2) is 19.4 Å². The van der Waals surface area contributed by atoms with Gasteiger partial charge in [-0.2, -0.15) is 39.5 Å². The molecule has 6 aliphatic heterocycles. The van der Waals surface area contributed by atoms with Crippen molar-refractivity contribution in [2.75, 3.05) is 94.6 Å². The fourth-order valence-corrected chi connectivity index (χ4v) is 21.3. The number of sulfonamides is 3. The number of hydrogen-bond donors (Lipinski definition) is 6. The lowest BCUT2D eigenvalue weighted by Gasteiger charge is -2.43. The van der Waals surface area contributed by atoms with Crippen LogP contribution < -0.4 is 40.5 Å². The van der Waals surface area contributed by atoms with Gasteiger partial charge in [0.2, 0.25) is 30.1 Å². The molecule has 6 saturated heterocycles. The van der Waals surface area contributed by atoms with E-state index in [1.807, 2.05) is 47.2 Å². The number of benzene rings is 4. The van der Waals surface area contributed by atoms with Crippen LogP contribution in [0.2, 0.25) is 0 Å². The van der Waals surface area contributed by atoms with Crippen molar-refractivity contribution in [2.24, 2.45) is 0 Å². The van der Waals surface area contributed by atoms with Crippen molar-refractivity contribution in [3.05, 3.63) is 132 Å². The average molecular weight is 1610 g/mol. The molecule has 1 aromatic heterocycles. The zero-order chi connectivity index (χ0) is 78.3. The van der Waals surface area contributed by atoms with Crippen molar-refractivity contribution in [2.45, 2.75) is 159 Å². The van der Waals surface area contributed by atoms with Crippen LogP contribution >= 0.6 is 11.8 Å². The van der Waals surface area contributed by atoms with Crippen molar-refractivity contribution in [1.29, 1.82) is 0 Å². The first kappa shape index (κ1) is 83.1. The summed E-state index contributed by atoms with van der Waals surface area (Å²) in [7, 11) is -12.4. The predicted molar refractivity (Wildman–Crippen MR) is 376 cm³/mol. The molecule has 5 aromatic rings. The highest BCUT2D eigenvalue weighted by Gasteiger charge is 2.59. The van der Waals surface area contributed by atoms with E-state index in [1.165, 1.54) is 61.1 Å². The smallest absolute Gasteiger partial charge is 0.416 e. The number of halogens is 9. The van der Waals surface area contributed by atoms with Gasteiger partial charge in [0, 0.05) is 96.5 Å². The topological polar surface area (TPSA) is 323 Å². The van der Waals surface area contributed by atoms with Crippen LogP contribution in [0.4, 0.5) is 51.0 Å². The van der Waals surface area contributed by atoms with E-state index in [2.05, 4.69) is 14.9 Å². The number of carbonyl (C=O) groups is 3. The van der Waals surface area contributed by atoms with E-state index in [0.29, 0.717) is 81.7 Å². The zero-order valence-electron chi connectivity index (χ0n) is 58.9. The molecule has 26 nitrogen and oxygen atoms in total. The molecule has 0 unspecified atom stereocenters. The third-order valence-corrected chi connectivity index (χ3v) is 29.5. The van der Waals surface area contributed by atoms with Crippen LogP contribution in [0.3, 0.4) is 0 Å². The largest absolute Gasteiger partial charge is 0.490 e. The van der Waals surface area contributed by atoms with Gasteiger partial charge in [0.05, 0.1) is 16.7 Å². The molecule has 594 valence electrons. The lowest BCUT2D eigenvalue weighted by atomic mass is 9.94. The maximum absolute atomic E-state index is 13.8. The van der Waals surface area contributed by atoms with E-state index in [1.54, 1.807) is 28.7 Å². The molecular weight excluding hydrogens is 1520 g/mol. The van der Waals surface area contributed by atoms with Crippen LogP contribution in [0, 0.1) is 6.92 Å². The van der Waals surface area contributed by atoms with Gasteiger partial charge in [0.1, 0.15) is 41.4 Å². The minimum atomic E-state index is -4.45. The van der Waals surface area contributed by atoms with Crippen molar-refractivity contribution < 1.29 is 109 Å². The van der Waals surface area contributed by atoms with Gasteiger partial charge in [-0.05, 0) is 194 Å². The van der Waals surface area contributed by atoms with Gasteiger partial charge >= 0.3 is 18.5 Å². The minimum absolute atomic E-state index is 0.0115. The molecule has 7 aliphatic rings. The molecule has 0 radical (unpaired) electrons. The van der Waals surface area contributed by atoms with E-state index in [-0.39, 0.29) is 120 Å². The number of rotatable bonds is 19. The number of piperidine rings is 6. The summed E-state index contributed by atoms with van der Waals surface area (Å²) in [6.45, 7) is 4.60. The third-order valence-electron chi connectivity index (χ3n) is 21.0. The first-order valence-electron chi connectivity index (χ1n) is 35.0. The Morgan fingerprint density at radius 1 is 0.444 bits per heavy atom. The number of amides is 3. The Morgan fingerprint density at radius 3 is 1.04 bits per heavy atom. The van der Waals surface area contributed by atoms with Crippen LogP contribution in [0.15, 0.2) is 114 Å². The summed E-state index contributed by atoms with van der Waals surface area (Å²) in [4.78, 5) is 52.8. The Kier molecular flexibility index (Phi) is 26.3. The number of thioether (sulfide) groups is 1. The summed E-state index contributed by atoms with van der Waals surface area (Å²) in [5, 5.41) is 28.7. The second kappa shape index (κ2) is 34.1. The third kappa shape index (κ3) is 18.6. The molecule has 4 aromatic carbocycles. The molecule has 39 heteroatoms. The van der Waals surface area contributed by atoms with Gasteiger partial charge in [-0.15, -0.1) is 0 Å². The van der Waals surface area contributed by atoms with Gasteiger partial charge in [-0.3, -0.25) is 30.0 Å². The summed E-state index contributed by atoms with van der Waals surface area (Å²) in [6.07, 6.45) is -6.80. The quantitative estimate of drug-likeness (QED) is 0.0148. The Bertz CT molecular complexity index is 4220. The van der Waals surface area contributed by atoms with Crippen molar-refractivity contribution in [3.8, 4) is 17.2 Å². The summed E-state index contributed by atoms with van der Waals surface area (Å²) < 4.78 is 213. The number of nitrogens with zero attached hydrogens (tertiary/aromatic N) is 8. The number of hydroxylamine groups is 3. The molecule has 0 bridgehead atoms. The second-order valence-electron chi connectivity index (χ2n) is 27.5. The van der Waals surface area contributed by atoms with E-state index < -0.39 is 103 Å². The van der Waals surface area contributed by atoms with Crippen molar-refractivity contribution in [1.82, 2.24) is 44.2 Å². The Balaban J connectivity index is 0.000000173. The molecule has 1 aliphatic carbocycles. The average Bonchev–Trinajstić information content (AvgIpc) is 1.000. The molecule has 7 heterocycles. The molecular formula is C69H86F9N11O15S4. The number of likely N-dealkylation sites (tertiary alicyclic amines) is 1. The maximum atomic E-state index is 13.8. The minimum Gasteiger partial charge on any atom is -0.490 e. The number of aryl methyl sites for hydroxylation is 1. The lowest BCUT2D eigenvalue weighted by Crippen LogP contribution is -2.62. The van der Waals surface area contributed by atoms with Gasteiger partial charge in [-0.25, -0.2) is 64.6 Å². The van der Waals surface area contributed by atoms with Crippen LogP contribution in [0.5, 0.6) is 17.2 Å². The first-order valence-corrected chi connectivity index (χ1v) is 40.6. The molecule has 0 atom stereocenters. The Hall–Kier alpha value is -7.34. The molecule has 7 fully saturated rings. The highest BCUT2D eigenvalue weighted by atomic mass is 32.2. The summed E-state index contributed by atoms with van der Waals surface area (Å²) in [5.41, 5.74) is 4.40. The van der Waals surface area contributed by atoms with Crippen LogP contribution in [0.1, 0.15) is 112 Å². The summed E-state index contributed by atoms with van der Waals surface area (Å²) >= 11 is 1.38. The van der Waals surface area contributed by atoms with E-state index in [4.69, 9.17) is 14.2 Å². The number of alkyl halides is 9. The fraction of sp³-hybridized carbons (Fsp3) is 0.551. The number of anilines is 2. The SMILES string of the molecule is CSc1nccc(N2CCC(C(=O)NO)(S(=O)(=O)N3CCC(Oc4ccc(C(F)(F)F)cc4)CC3)CC2)n1.Cc1ccc(N2CCC(C(=O)NO)(S(=O)(=O)N3CCC(Oc4ccc(C(F)(F)F)cc4)CC3)CC2)cc1.O=C(NO)C1(S(=O)(=O)N2CCC(Oc3ccc(C(F)(F)F)cc3)CC2)CCN(C2CC2)CC1. The molecule has 6 N–H and O–H groups in total. The van der Waals surface area contributed by atoms with Crippen LogP contribution in [-0.4, -0.2) is 210 Å².